The van der Waals surface area contributed by atoms with E-state index in [1.165, 1.54) is 12.8 Å². The summed E-state index contributed by atoms with van der Waals surface area (Å²) in [5.74, 6) is 0. The summed E-state index contributed by atoms with van der Waals surface area (Å²) in [5, 5.41) is 0. The smallest absolute Gasteiger partial charge is 0.194 e. The van der Waals surface area contributed by atoms with E-state index in [1.807, 2.05) is 18.2 Å². The Labute approximate surface area is 101 Å². The molecule has 1 heterocycles. The van der Waals surface area contributed by atoms with Crippen LogP contribution in [0.25, 0.3) is 0 Å². The van der Waals surface area contributed by atoms with E-state index in [0.717, 1.165) is 24.4 Å². The Hall–Kier alpha value is -0.800. The molecule has 1 aromatic carbocycles. The van der Waals surface area contributed by atoms with Gasteiger partial charge in [0.1, 0.15) is 13.1 Å². The summed E-state index contributed by atoms with van der Waals surface area (Å²) >= 11 is 10.3. The summed E-state index contributed by atoms with van der Waals surface area (Å²) in [4.78, 5) is 0. The summed E-state index contributed by atoms with van der Waals surface area (Å²) in [6.45, 7) is 2.17. The van der Waals surface area contributed by atoms with Crippen molar-refractivity contribution in [2.24, 2.45) is 0 Å². The van der Waals surface area contributed by atoms with Crippen molar-refractivity contribution in [1.29, 1.82) is 0 Å². The molecule has 0 atom stereocenters. The van der Waals surface area contributed by atoms with Crippen LogP contribution in [0, 0.1) is 0 Å². The fourth-order valence-corrected chi connectivity index (χ4v) is 2.46. The summed E-state index contributed by atoms with van der Waals surface area (Å²) in [5.41, 5.74) is 2.22. The fraction of sp³-hybridized carbons (Fsp3) is 0.333. The molecule has 0 aliphatic carbocycles. The first-order valence-electron chi connectivity index (χ1n) is 5.17. The Morgan fingerprint density at radius 3 is 2.27 bits per heavy atom. The molecule has 15 heavy (non-hydrogen) atoms. The van der Waals surface area contributed by atoms with Gasteiger partial charge in [-0.2, -0.15) is 0 Å². The molecule has 0 bridgehead atoms. The van der Waals surface area contributed by atoms with E-state index in [4.69, 9.17) is 24.8 Å². The van der Waals surface area contributed by atoms with Crippen molar-refractivity contribution in [2.75, 3.05) is 13.1 Å². The lowest BCUT2D eigenvalue weighted by atomic mass is 10.1. The molecule has 1 aromatic rings. The van der Waals surface area contributed by atoms with Gasteiger partial charge in [-0.1, -0.05) is 22.4 Å². The first-order chi connectivity index (χ1) is 7.29. The SMILES string of the molecule is S=C([S-])C(c1ccccc1)=[N+]1CCCC1. The number of hydrogen-bond donors (Lipinski definition) is 0. The van der Waals surface area contributed by atoms with Crippen molar-refractivity contribution in [3.05, 3.63) is 35.9 Å². The highest BCUT2D eigenvalue weighted by atomic mass is 32.1. The summed E-state index contributed by atoms with van der Waals surface area (Å²) in [7, 11) is 0. The van der Waals surface area contributed by atoms with E-state index >= 15 is 0 Å². The van der Waals surface area contributed by atoms with Crippen molar-refractivity contribution in [3.8, 4) is 0 Å². The number of hydrogen-bond acceptors (Lipinski definition) is 2. The van der Waals surface area contributed by atoms with Gasteiger partial charge < -0.3 is 24.8 Å². The first-order valence-corrected chi connectivity index (χ1v) is 5.99. The van der Waals surface area contributed by atoms with Gasteiger partial charge in [-0.25, -0.2) is 4.58 Å². The molecule has 78 valence electrons. The maximum Gasteiger partial charge on any atom is 0.194 e. The second-order valence-electron chi connectivity index (χ2n) is 3.70. The van der Waals surface area contributed by atoms with Gasteiger partial charge in [-0.15, -0.1) is 0 Å². The van der Waals surface area contributed by atoms with E-state index in [1.54, 1.807) is 0 Å². The molecule has 1 saturated heterocycles. The molecule has 0 amide bonds. The largest absolute Gasteiger partial charge is 0.422 e. The third kappa shape index (κ3) is 2.41. The molecule has 1 aliphatic rings. The zero-order valence-corrected chi connectivity index (χ0v) is 10.1. The van der Waals surface area contributed by atoms with Crippen LogP contribution in [0.15, 0.2) is 30.3 Å². The first kappa shape index (κ1) is 10.7. The van der Waals surface area contributed by atoms with Crippen LogP contribution >= 0.6 is 12.2 Å². The molecule has 1 aliphatic heterocycles. The fourth-order valence-electron chi connectivity index (χ4n) is 1.97. The molecule has 0 radical (unpaired) electrons. The molecule has 2 rings (SSSR count). The van der Waals surface area contributed by atoms with E-state index in [0.29, 0.717) is 4.20 Å². The average molecular weight is 235 g/mol. The minimum atomic E-state index is 0.586. The van der Waals surface area contributed by atoms with E-state index in [-0.39, 0.29) is 0 Å². The monoisotopic (exact) mass is 235 g/mol. The second-order valence-corrected chi connectivity index (χ2v) is 4.77. The van der Waals surface area contributed by atoms with Gasteiger partial charge in [0.15, 0.2) is 5.71 Å². The van der Waals surface area contributed by atoms with Gasteiger partial charge in [0.05, 0.1) is 0 Å². The normalized spacial score (nSPS) is 15.3. The third-order valence-electron chi connectivity index (χ3n) is 2.66. The Balaban J connectivity index is 2.45. The van der Waals surface area contributed by atoms with Crippen LogP contribution in [0.5, 0.6) is 0 Å². The van der Waals surface area contributed by atoms with E-state index < -0.39 is 0 Å². The van der Waals surface area contributed by atoms with Crippen LogP contribution in [0.2, 0.25) is 0 Å². The molecule has 0 unspecified atom stereocenters. The van der Waals surface area contributed by atoms with Gasteiger partial charge >= 0.3 is 0 Å². The number of nitrogens with zero attached hydrogens (tertiary/aromatic N) is 1. The van der Waals surface area contributed by atoms with Crippen molar-refractivity contribution in [1.82, 2.24) is 0 Å². The molecule has 0 aromatic heterocycles. The molecule has 0 saturated carbocycles. The van der Waals surface area contributed by atoms with Crippen molar-refractivity contribution in [2.45, 2.75) is 12.8 Å². The number of thiocarbonyl (C=S) groups is 1. The van der Waals surface area contributed by atoms with Crippen LogP contribution < -0.4 is 0 Å². The van der Waals surface area contributed by atoms with Gasteiger partial charge in [0, 0.05) is 18.4 Å². The van der Waals surface area contributed by atoms with Gasteiger partial charge in [0.2, 0.25) is 0 Å². The molecule has 1 nitrogen and oxygen atoms in total. The van der Waals surface area contributed by atoms with Crippen LogP contribution in [0.4, 0.5) is 0 Å². The predicted molar refractivity (Wildman–Crippen MR) is 69.7 cm³/mol. The van der Waals surface area contributed by atoms with Crippen LogP contribution in [-0.2, 0) is 12.6 Å². The third-order valence-corrected chi connectivity index (χ3v) is 3.05. The lowest BCUT2D eigenvalue weighted by Crippen LogP contribution is -2.25. The van der Waals surface area contributed by atoms with Gasteiger partial charge in [-0.3, -0.25) is 0 Å². The Morgan fingerprint density at radius 2 is 1.73 bits per heavy atom. The van der Waals surface area contributed by atoms with Crippen LogP contribution in [0.3, 0.4) is 0 Å². The molecular formula is C12H13NS2. The Bertz CT molecular complexity index is 387. The van der Waals surface area contributed by atoms with Gasteiger partial charge in [0.25, 0.3) is 0 Å². The summed E-state index contributed by atoms with van der Waals surface area (Å²) in [6, 6.07) is 10.2. The van der Waals surface area contributed by atoms with E-state index in [2.05, 4.69) is 16.7 Å². The number of benzene rings is 1. The molecule has 0 spiro atoms. The minimum Gasteiger partial charge on any atom is -0.422 e. The lowest BCUT2D eigenvalue weighted by molar-refractivity contribution is -0.503. The highest BCUT2D eigenvalue weighted by Gasteiger charge is 2.19. The Kier molecular flexibility index (Phi) is 3.44. The quantitative estimate of drug-likeness (QED) is 0.439. The predicted octanol–water partition coefficient (Wildman–Crippen LogP) is 2.16. The van der Waals surface area contributed by atoms with Crippen molar-refractivity contribution < 1.29 is 4.58 Å². The standard InChI is InChI=1S/C12H13NS2/c14-12(15)11(13-8-4-5-9-13)10-6-2-1-3-7-10/h1-3,6-7H,4-5,8-9H2. The maximum absolute atomic E-state index is 5.17. The molecule has 0 N–H and O–H groups in total. The highest BCUT2D eigenvalue weighted by Crippen LogP contribution is 2.09. The zero-order chi connectivity index (χ0) is 10.7. The van der Waals surface area contributed by atoms with Crippen LogP contribution in [0.1, 0.15) is 18.4 Å². The number of rotatable bonds is 2. The van der Waals surface area contributed by atoms with Crippen molar-refractivity contribution in [3.63, 3.8) is 0 Å². The maximum atomic E-state index is 5.17. The lowest BCUT2D eigenvalue weighted by Gasteiger charge is -2.09. The molecular weight excluding hydrogens is 222 g/mol. The average Bonchev–Trinajstić information content (AvgIpc) is 2.72. The van der Waals surface area contributed by atoms with Gasteiger partial charge in [-0.05, 0) is 12.1 Å². The molecule has 3 heteroatoms. The van der Waals surface area contributed by atoms with E-state index in [9.17, 15) is 0 Å². The minimum absolute atomic E-state index is 0.586. The van der Waals surface area contributed by atoms with Crippen LogP contribution in [-0.4, -0.2) is 27.6 Å². The highest BCUT2D eigenvalue weighted by molar-refractivity contribution is 8.03. The topological polar surface area (TPSA) is 3.01 Å². The zero-order valence-electron chi connectivity index (χ0n) is 8.48. The summed E-state index contributed by atoms with van der Waals surface area (Å²) < 4.78 is 2.90. The second kappa shape index (κ2) is 4.81. The Morgan fingerprint density at radius 1 is 1.13 bits per heavy atom. The molecule has 1 fully saturated rings. The van der Waals surface area contributed by atoms with Crippen molar-refractivity contribution >= 4 is 34.8 Å². The summed E-state index contributed by atoms with van der Waals surface area (Å²) in [6.07, 6.45) is 2.49.